The second-order valence-corrected chi connectivity index (χ2v) is 25.5. The highest BCUT2D eigenvalue weighted by atomic mass is 32.2. The largest absolute Gasteiger partial charge is 0.507 e. The SMILES string of the molecule is [C-]#[N+]C[C@@H](O)[C@@H]1NC(=O)C([C@H](O)Cc2ccc(O)c(S(=O)OOO)c2)NC(=O)C2CC(O)CN2C(=O)C(C(C)O)NC(=O)[C@@H](NC(=O)c2ccc(N3CCN(C4CCC(OC)(C5CCCCC5)CC4)CC3)cc2)C[C@H](O)CNC(=O)C2[C@@H](O)C(C)CN2C1=O. The summed E-state index contributed by atoms with van der Waals surface area (Å²) in [4.78, 5) is 110. The lowest BCUT2D eigenvalue weighted by atomic mass is 9.68. The maximum Gasteiger partial charge on any atom is 0.251 e. The molecule has 6 fully saturated rings. The van der Waals surface area contributed by atoms with Crippen LogP contribution in [0.1, 0.15) is 100 Å². The number of ether oxygens (including phenoxy) is 1. The highest BCUT2D eigenvalue weighted by molar-refractivity contribution is 7.80. The van der Waals surface area contributed by atoms with Crippen LogP contribution in [-0.2, 0) is 60.4 Å². The number of fused-ring (bicyclic) bond motifs is 2. The Bertz CT molecular complexity index is 2900. The first kappa shape index (κ1) is 68.4. The molecule has 0 aromatic heterocycles. The van der Waals surface area contributed by atoms with Crippen molar-refractivity contribution < 1.29 is 92.9 Å². The molecule has 2 aliphatic carbocycles. The maximum absolute atomic E-state index is 14.6. The summed E-state index contributed by atoms with van der Waals surface area (Å²) in [6.07, 6.45) is -1.82. The van der Waals surface area contributed by atoms with Gasteiger partial charge in [0.05, 0.1) is 36.1 Å². The van der Waals surface area contributed by atoms with Gasteiger partial charge in [0.2, 0.25) is 53.1 Å². The smallest absolute Gasteiger partial charge is 0.251 e. The molecule has 0 bridgehead atoms. The number of hydrogen-bond donors (Lipinski definition) is 13. The normalized spacial score (nSPS) is 31.6. The Balaban J connectivity index is 1.04. The average Bonchev–Trinajstić information content (AvgIpc) is 2.11. The standard InChI is InChI=1S/C59H84N10O19S/c1-32-30-69-50(51(32)76)56(81)61-28-39(71)26-41(62-52(77)35-11-13-37(14-12-35)66-20-22-67(23-21-66)38-16-18-59(86-4,19-17-38)36-8-6-5-7-9-36)53(78)63-47(33(2)70)57(82)68-31-40(72)27-42(68)54(79)64-48(55(80)65-49(58(69)83)45(75)29-60-3)44(74)24-34-10-15-43(73)46(25-34)89(85)88-87-84/h10-15,25,32-33,36,38-42,44-45,47-51,70-76,84H,5-9,16-24,26-31H2,1-2,4H3,(H,61,81)(H,62,77)(H,63,78)(H,64,79)(H,65,80)/t32?,33?,38?,39-,40?,41-,42?,44+,45+,47?,48?,49-,50?,51-,59?,89?/m0/s1. The number of methoxy groups -OCH3 is 1. The van der Waals surface area contributed by atoms with E-state index in [0.717, 1.165) is 86.4 Å². The lowest BCUT2D eigenvalue weighted by Crippen LogP contribution is -2.64. The Hall–Kier alpha value is -6.47. The number of β-amino-alcohol motifs (C(OH)–C–C–N with tert-alkyl or cyclic N) is 1. The predicted molar refractivity (Wildman–Crippen MR) is 314 cm³/mol. The summed E-state index contributed by atoms with van der Waals surface area (Å²) in [5, 5.41) is 103. The third kappa shape index (κ3) is 16.2. The molecule has 29 nitrogen and oxygen atoms in total. The fraction of sp³-hybridized carbons (Fsp3) is 0.661. The molecule has 13 N–H and O–H groups in total. The van der Waals surface area contributed by atoms with Crippen molar-refractivity contribution in [2.24, 2.45) is 11.8 Å². The molecule has 6 aliphatic rings. The van der Waals surface area contributed by atoms with Crippen LogP contribution in [0.4, 0.5) is 5.69 Å². The number of phenols is 1. The molecule has 4 aliphatic heterocycles. The summed E-state index contributed by atoms with van der Waals surface area (Å²) in [6, 6.07) is -1.04. The fourth-order valence-electron chi connectivity index (χ4n) is 13.6. The number of amides is 7. The Labute approximate surface area is 517 Å². The van der Waals surface area contributed by atoms with Gasteiger partial charge in [-0.05, 0) is 93.3 Å². The Kier molecular flexibility index (Phi) is 23.5. The van der Waals surface area contributed by atoms with Gasteiger partial charge < -0.3 is 86.6 Å². The molecule has 4 saturated heterocycles. The van der Waals surface area contributed by atoms with Crippen LogP contribution in [0.25, 0.3) is 4.85 Å². The van der Waals surface area contributed by atoms with Gasteiger partial charge in [0.1, 0.15) is 46.9 Å². The van der Waals surface area contributed by atoms with Crippen LogP contribution >= 0.6 is 0 Å². The van der Waals surface area contributed by atoms with Crippen LogP contribution in [0.15, 0.2) is 47.4 Å². The van der Waals surface area contributed by atoms with E-state index in [1.54, 1.807) is 24.3 Å². The number of nitrogens with zero attached hydrogens (tertiary/aromatic N) is 5. The molecule has 89 heavy (non-hydrogen) atoms. The zero-order chi connectivity index (χ0) is 64.4. The number of phenolic OH excluding ortho intramolecular Hbond substituents is 1. The van der Waals surface area contributed by atoms with E-state index in [9.17, 15) is 73.5 Å². The van der Waals surface area contributed by atoms with E-state index in [2.05, 4.69) is 50.6 Å². The average molecular weight is 1270 g/mol. The van der Waals surface area contributed by atoms with Crippen LogP contribution in [0.2, 0.25) is 0 Å². The second kappa shape index (κ2) is 30.6. The van der Waals surface area contributed by atoms with Gasteiger partial charge in [-0.1, -0.05) is 41.6 Å². The quantitative estimate of drug-likeness (QED) is 0.0508. The number of piperazine rings is 1. The molecular formula is C59H84N10O19S. The molecule has 8 unspecified atom stereocenters. The summed E-state index contributed by atoms with van der Waals surface area (Å²) < 4.78 is 23.0. The third-order valence-corrected chi connectivity index (χ3v) is 19.5. The van der Waals surface area contributed by atoms with Crippen LogP contribution < -0.4 is 31.5 Å². The first-order chi connectivity index (χ1) is 42.5. The molecule has 14 atom stereocenters. The van der Waals surface area contributed by atoms with Gasteiger partial charge in [0, 0.05) is 95.4 Å². The predicted octanol–water partition coefficient (Wildman–Crippen LogP) is -2.27. The molecule has 2 aromatic carbocycles. The van der Waals surface area contributed by atoms with Gasteiger partial charge in [-0.25, -0.2) is 16.0 Å². The summed E-state index contributed by atoms with van der Waals surface area (Å²) in [7, 11) is 1.87. The van der Waals surface area contributed by atoms with Crippen molar-refractivity contribution in [3.8, 4) is 5.75 Å². The number of carbonyl (C=O) groups is 7. The third-order valence-electron chi connectivity index (χ3n) is 18.6. The number of hydrogen-bond acceptors (Lipinski definition) is 21. The van der Waals surface area contributed by atoms with Gasteiger partial charge >= 0.3 is 0 Å². The van der Waals surface area contributed by atoms with Crippen LogP contribution in [-0.4, -0.2) is 245 Å². The first-order valence-electron chi connectivity index (χ1n) is 30.4. The van der Waals surface area contributed by atoms with Crippen LogP contribution in [0, 0.1) is 18.4 Å². The number of benzene rings is 2. The van der Waals surface area contributed by atoms with Gasteiger partial charge in [-0.2, -0.15) is 0 Å². The lowest BCUT2D eigenvalue weighted by Gasteiger charge is -2.49. The number of nitrogens with one attached hydrogen (secondary N) is 5. The Morgan fingerprint density at radius 1 is 0.798 bits per heavy atom. The number of rotatable bonds is 15. The van der Waals surface area contributed by atoms with Crippen LogP contribution in [0.5, 0.6) is 5.75 Å². The zero-order valence-corrected chi connectivity index (χ0v) is 50.9. The minimum absolute atomic E-state index is 0.00185. The van der Waals surface area contributed by atoms with Gasteiger partial charge in [-0.15, -0.1) is 0 Å². The number of aliphatic hydroxyl groups excluding tert-OH is 6. The maximum atomic E-state index is 14.6. The van der Waals surface area contributed by atoms with Crippen molar-refractivity contribution >= 4 is 58.1 Å². The number of aromatic hydroxyl groups is 1. The minimum Gasteiger partial charge on any atom is -0.507 e. The van der Waals surface area contributed by atoms with E-state index in [4.69, 9.17) is 16.6 Å². The van der Waals surface area contributed by atoms with Crippen LogP contribution in [0.3, 0.4) is 0 Å². The minimum atomic E-state index is -2.66. The second-order valence-electron chi connectivity index (χ2n) is 24.4. The van der Waals surface area contributed by atoms with Crippen molar-refractivity contribution in [2.45, 2.75) is 180 Å². The monoisotopic (exact) mass is 1270 g/mol. The van der Waals surface area contributed by atoms with Crippen molar-refractivity contribution in [3.63, 3.8) is 0 Å². The van der Waals surface area contributed by atoms with Crippen molar-refractivity contribution in [1.29, 1.82) is 0 Å². The molecule has 0 spiro atoms. The van der Waals surface area contributed by atoms with Crippen molar-refractivity contribution in [2.75, 3.05) is 64.4 Å². The van der Waals surface area contributed by atoms with E-state index < -0.39 is 181 Å². The highest BCUT2D eigenvalue weighted by Gasteiger charge is 2.51. The van der Waals surface area contributed by atoms with E-state index in [1.165, 1.54) is 45.1 Å². The summed E-state index contributed by atoms with van der Waals surface area (Å²) in [6.45, 7) is 10.9. The van der Waals surface area contributed by atoms with E-state index in [1.807, 2.05) is 7.11 Å². The molecule has 490 valence electrons. The molecular weight excluding hydrogens is 1180 g/mol. The highest BCUT2D eigenvalue weighted by Crippen LogP contribution is 2.45. The summed E-state index contributed by atoms with van der Waals surface area (Å²) in [5.41, 5.74) is 0.924. The number of aliphatic hydroxyl groups is 6. The van der Waals surface area contributed by atoms with E-state index >= 15 is 0 Å². The van der Waals surface area contributed by atoms with Crippen molar-refractivity contribution in [1.82, 2.24) is 41.3 Å². The molecule has 30 heteroatoms. The Morgan fingerprint density at radius 2 is 1.45 bits per heavy atom. The molecule has 0 radical (unpaired) electrons. The molecule has 4 heterocycles. The van der Waals surface area contributed by atoms with Crippen molar-refractivity contribution in [3.05, 3.63) is 65.0 Å². The van der Waals surface area contributed by atoms with Gasteiger partial charge in [0.25, 0.3) is 5.91 Å². The van der Waals surface area contributed by atoms with Gasteiger partial charge in [0.15, 0.2) is 6.10 Å². The topological polar surface area (TPSA) is 404 Å². The first-order valence-corrected chi connectivity index (χ1v) is 31.4. The lowest BCUT2D eigenvalue weighted by molar-refractivity contribution is -0.435. The van der Waals surface area contributed by atoms with E-state index in [0.29, 0.717) is 12.0 Å². The molecule has 2 aromatic rings. The molecule has 2 saturated carbocycles. The Morgan fingerprint density at radius 3 is 2.09 bits per heavy atom. The zero-order valence-electron chi connectivity index (χ0n) is 50.1. The van der Waals surface area contributed by atoms with E-state index in [-0.39, 0.29) is 23.3 Å². The number of carbonyl (C=O) groups excluding carboxylic acids is 7. The summed E-state index contributed by atoms with van der Waals surface area (Å²) >= 11 is -2.66. The molecule has 7 amide bonds. The molecule has 8 rings (SSSR count). The summed E-state index contributed by atoms with van der Waals surface area (Å²) in [5.74, 6) is -8.81. The van der Waals surface area contributed by atoms with Gasteiger partial charge in [-0.3, -0.25) is 38.5 Å². The fourth-order valence-corrected chi connectivity index (χ4v) is 14.2. The number of anilines is 1.